The van der Waals surface area contributed by atoms with Crippen molar-refractivity contribution in [2.45, 2.75) is 26.4 Å². The van der Waals surface area contributed by atoms with Gasteiger partial charge in [-0.25, -0.2) is 0 Å². The number of hydrogen-bond acceptors (Lipinski definition) is 2. The van der Waals surface area contributed by atoms with E-state index in [1.807, 2.05) is 0 Å². The second-order valence-electron chi connectivity index (χ2n) is 5.62. The van der Waals surface area contributed by atoms with Crippen LogP contribution < -0.4 is 10.6 Å². The number of hydrogen-bond donors (Lipinski definition) is 1. The standard InChI is InChI=1S/C14H19F3N2/c1-9-5-10(2)8-19(7-9)13-4-3-11(6-12(13)18)14(15,16)17/h3-4,6,9-10H,5,7-8,18H2,1-2H3/t9-,10-/m0/s1. The SMILES string of the molecule is C[C@H]1C[C@H](C)CN(c2ccc(C(F)(F)F)cc2N)C1. The Kier molecular flexibility index (Phi) is 3.65. The average Bonchev–Trinajstić information content (AvgIpc) is 2.26. The topological polar surface area (TPSA) is 29.3 Å². The zero-order valence-corrected chi connectivity index (χ0v) is 11.2. The van der Waals surface area contributed by atoms with Gasteiger partial charge in [0.15, 0.2) is 0 Å². The van der Waals surface area contributed by atoms with Crippen molar-refractivity contribution in [1.82, 2.24) is 0 Å². The number of nitrogens with zero attached hydrogens (tertiary/aromatic N) is 1. The van der Waals surface area contributed by atoms with E-state index >= 15 is 0 Å². The van der Waals surface area contributed by atoms with Gasteiger partial charge in [-0.15, -0.1) is 0 Å². The van der Waals surface area contributed by atoms with Gasteiger partial charge in [-0.3, -0.25) is 0 Å². The lowest BCUT2D eigenvalue weighted by Crippen LogP contribution is -2.39. The zero-order valence-electron chi connectivity index (χ0n) is 11.2. The van der Waals surface area contributed by atoms with Gasteiger partial charge in [0.05, 0.1) is 16.9 Å². The minimum absolute atomic E-state index is 0.205. The molecule has 5 heteroatoms. The molecule has 2 nitrogen and oxygen atoms in total. The minimum Gasteiger partial charge on any atom is -0.397 e. The molecular weight excluding hydrogens is 253 g/mol. The lowest BCUT2D eigenvalue weighted by atomic mass is 9.91. The van der Waals surface area contributed by atoms with E-state index in [4.69, 9.17) is 5.73 Å². The molecule has 2 atom stereocenters. The van der Waals surface area contributed by atoms with Crippen LogP contribution in [-0.2, 0) is 6.18 Å². The highest BCUT2D eigenvalue weighted by Crippen LogP contribution is 2.35. The van der Waals surface area contributed by atoms with Crippen LogP contribution in [0, 0.1) is 11.8 Å². The number of anilines is 2. The molecule has 0 radical (unpaired) electrons. The Hall–Kier alpha value is -1.39. The van der Waals surface area contributed by atoms with E-state index < -0.39 is 11.7 Å². The minimum atomic E-state index is -4.34. The molecule has 1 heterocycles. The summed E-state index contributed by atoms with van der Waals surface area (Å²) in [4.78, 5) is 2.09. The fourth-order valence-corrected chi connectivity index (χ4v) is 2.88. The van der Waals surface area contributed by atoms with Crippen molar-refractivity contribution in [3.05, 3.63) is 23.8 Å². The maximum atomic E-state index is 12.6. The maximum Gasteiger partial charge on any atom is 0.416 e. The molecule has 0 amide bonds. The lowest BCUT2D eigenvalue weighted by Gasteiger charge is -2.37. The Balaban J connectivity index is 2.26. The van der Waals surface area contributed by atoms with Crippen LogP contribution in [0.5, 0.6) is 0 Å². The molecule has 1 saturated heterocycles. The third-order valence-corrected chi connectivity index (χ3v) is 3.56. The van der Waals surface area contributed by atoms with Crippen molar-refractivity contribution in [2.24, 2.45) is 11.8 Å². The van der Waals surface area contributed by atoms with Crippen molar-refractivity contribution in [3.63, 3.8) is 0 Å². The highest BCUT2D eigenvalue weighted by atomic mass is 19.4. The number of piperidine rings is 1. The highest BCUT2D eigenvalue weighted by Gasteiger charge is 2.31. The van der Waals surface area contributed by atoms with Crippen molar-refractivity contribution in [3.8, 4) is 0 Å². The first-order chi connectivity index (χ1) is 8.77. The number of nitrogens with two attached hydrogens (primary N) is 1. The molecule has 1 aliphatic heterocycles. The molecule has 0 bridgehead atoms. The van der Waals surface area contributed by atoms with Crippen LogP contribution in [0.2, 0.25) is 0 Å². The zero-order chi connectivity index (χ0) is 14.2. The van der Waals surface area contributed by atoms with Gasteiger partial charge in [-0.2, -0.15) is 13.2 Å². The van der Waals surface area contributed by atoms with Gasteiger partial charge in [0.25, 0.3) is 0 Å². The molecule has 1 aromatic rings. The largest absolute Gasteiger partial charge is 0.416 e. The molecule has 0 aromatic heterocycles. The second kappa shape index (κ2) is 4.94. The van der Waals surface area contributed by atoms with Gasteiger partial charge in [0.2, 0.25) is 0 Å². The first-order valence-corrected chi connectivity index (χ1v) is 6.49. The van der Waals surface area contributed by atoms with E-state index in [-0.39, 0.29) is 5.69 Å². The summed E-state index contributed by atoms with van der Waals surface area (Å²) in [7, 11) is 0. The van der Waals surface area contributed by atoms with E-state index in [2.05, 4.69) is 18.7 Å². The summed E-state index contributed by atoms with van der Waals surface area (Å²) in [6.07, 6.45) is -3.19. The number of halogens is 3. The fourth-order valence-electron chi connectivity index (χ4n) is 2.88. The molecule has 0 unspecified atom stereocenters. The lowest BCUT2D eigenvalue weighted by molar-refractivity contribution is -0.137. The number of rotatable bonds is 1. The molecule has 2 N–H and O–H groups in total. The third kappa shape index (κ3) is 3.14. The molecule has 0 spiro atoms. The summed E-state index contributed by atoms with van der Waals surface area (Å²) >= 11 is 0. The van der Waals surface area contributed by atoms with Crippen LogP contribution in [0.3, 0.4) is 0 Å². The quantitative estimate of drug-likeness (QED) is 0.788. The number of alkyl halides is 3. The molecule has 0 aliphatic carbocycles. The van der Waals surface area contributed by atoms with Crippen molar-refractivity contribution in [1.29, 1.82) is 0 Å². The summed E-state index contributed by atoms with van der Waals surface area (Å²) in [5.74, 6) is 1.07. The number of benzene rings is 1. The van der Waals surface area contributed by atoms with Crippen molar-refractivity contribution < 1.29 is 13.2 Å². The van der Waals surface area contributed by atoms with Crippen LogP contribution in [0.15, 0.2) is 18.2 Å². The van der Waals surface area contributed by atoms with Crippen LogP contribution >= 0.6 is 0 Å². The average molecular weight is 272 g/mol. The Morgan fingerprint density at radius 1 is 1.16 bits per heavy atom. The highest BCUT2D eigenvalue weighted by molar-refractivity contribution is 5.69. The van der Waals surface area contributed by atoms with Gasteiger partial charge in [0.1, 0.15) is 0 Å². The molecule has 106 valence electrons. The molecule has 1 aromatic carbocycles. The van der Waals surface area contributed by atoms with E-state index in [0.717, 1.165) is 31.6 Å². The first kappa shape index (κ1) is 14.0. The number of nitrogen functional groups attached to an aromatic ring is 1. The van der Waals surface area contributed by atoms with E-state index in [1.165, 1.54) is 6.07 Å². The normalized spacial score (nSPS) is 24.6. The van der Waals surface area contributed by atoms with Gasteiger partial charge in [0, 0.05) is 13.1 Å². The van der Waals surface area contributed by atoms with E-state index in [0.29, 0.717) is 17.5 Å². The first-order valence-electron chi connectivity index (χ1n) is 6.49. The van der Waals surface area contributed by atoms with Crippen LogP contribution in [0.25, 0.3) is 0 Å². The van der Waals surface area contributed by atoms with Gasteiger partial charge >= 0.3 is 6.18 Å². The maximum absolute atomic E-state index is 12.6. The molecule has 19 heavy (non-hydrogen) atoms. The van der Waals surface area contributed by atoms with Gasteiger partial charge in [-0.05, 0) is 36.5 Å². The molecule has 1 aliphatic rings. The Bertz CT molecular complexity index is 446. The smallest absolute Gasteiger partial charge is 0.397 e. The monoisotopic (exact) mass is 272 g/mol. The molecule has 0 saturated carbocycles. The van der Waals surface area contributed by atoms with Crippen LogP contribution in [-0.4, -0.2) is 13.1 Å². The molecule has 1 fully saturated rings. The summed E-state index contributed by atoms with van der Waals surface area (Å²) in [5.41, 5.74) is 6.03. The Morgan fingerprint density at radius 3 is 2.21 bits per heavy atom. The van der Waals surface area contributed by atoms with E-state index in [9.17, 15) is 13.2 Å². The summed E-state index contributed by atoms with van der Waals surface area (Å²) < 4.78 is 37.8. The van der Waals surface area contributed by atoms with E-state index in [1.54, 1.807) is 0 Å². The molecule has 2 rings (SSSR count). The summed E-state index contributed by atoms with van der Waals surface area (Å²) in [6.45, 7) is 6.01. The predicted molar refractivity (Wildman–Crippen MR) is 71.0 cm³/mol. The predicted octanol–water partition coefficient (Wildman–Crippen LogP) is 3.77. The van der Waals surface area contributed by atoms with Crippen LogP contribution in [0.1, 0.15) is 25.8 Å². The fraction of sp³-hybridized carbons (Fsp3) is 0.571. The summed E-state index contributed by atoms with van der Waals surface area (Å²) in [5, 5.41) is 0. The third-order valence-electron chi connectivity index (χ3n) is 3.56. The Morgan fingerprint density at radius 2 is 1.74 bits per heavy atom. The van der Waals surface area contributed by atoms with Crippen molar-refractivity contribution in [2.75, 3.05) is 23.7 Å². The second-order valence-corrected chi connectivity index (χ2v) is 5.62. The van der Waals surface area contributed by atoms with Crippen molar-refractivity contribution >= 4 is 11.4 Å². The van der Waals surface area contributed by atoms with Crippen LogP contribution in [0.4, 0.5) is 24.5 Å². The van der Waals surface area contributed by atoms with Gasteiger partial charge < -0.3 is 10.6 Å². The van der Waals surface area contributed by atoms with Gasteiger partial charge in [-0.1, -0.05) is 13.8 Å². The summed E-state index contributed by atoms with van der Waals surface area (Å²) in [6, 6.07) is 3.62. The molecular formula is C14H19F3N2. The Labute approximate surface area is 111 Å².